The molecule has 1 aromatic carbocycles. The summed E-state index contributed by atoms with van der Waals surface area (Å²) in [5.74, 6) is 0.708. The number of hydrogen-bond donors (Lipinski definition) is 2. The van der Waals surface area contributed by atoms with Crippen LogP contribution in [0.15, 0.2) is 18.2 Å². The summed E-state index contributed by atoms with van der Waals surface area (Å²) in [5, 5.41) is 6.93. The van der Waals surface area contributed by atoms with Crippen molar-refractivity contribution >= 4 is 23.2 Å². The largest absolute Gasteiger partial charge is 0.495 e. The van der Waals surface area contributed by atoms with Crippen LogP contribution in [0.3, 0.4) is 0 Å². The van der Waals surface area contributed by atoms with E-state index >= 15 is 0 Å². The highest BCUT2D eigenvalue weighted by atomic mass is 35.5. The topological polar surface area (TPSA) is 50.4 Å². The molecule has 1 fully saturated rings. The van der Waals surface area contributed by atoms with Gasteiger partial charge in [-0.3, -0.25) is 4.79 Å². The van der Waals surface area contributed by atoms with Crippen molar-refractivity contribution in [1.29, 1.82) is 0 Å². The Bertz CT molecular complexity index is 494. The zero-order chi connectivity index (χ0) is 15.3. The number of piperidine rings is 1. The maximum absolute atomic E-state index is 12.8. The quantitative estimate of drug-likeness (QED) is 0.875. The molecule has 1 amide bonds. The summed E-state index contributed by atoms with van der Waals surface area (Å²) < 4.78 is 5.30. The third kappa shape index (κ3) is 3.69. The first-order valence-corrected chi connectivity index (χ1v) is 7.85. The van der Waals surface area contributed by atoms with E-state index in [1.165, 1.54) is 0 Å². The van der Waals surface area contributed by atoms with Crippen LogP contribution < -0.4 is 15.4 Å². The summed E-state index contributed by atoms with van der Waals surface area (Å²) in [4.78, 5) is 12.8. The average Bonchev–Trinajstić information content (AvgIpc) is 2.49. The molecule has 1 saturated heterocycles. The molecular weight excluding hydrogens is 288 g/mol. The van der Waals surface area contributed by atoms with Gasteiger partial charge in [0.2, 0.25) is 5.91 Å². The van der Waals surface area contributed by atoms with E-state index in [4.69, 9.17) is 16.3 Å². The molecule has 0 spiro atoms. The van der Waals surface area contributed by atoms with Gasteiger partial charge >= 0.3 is 0 Å². The van der Waals surface area contributed by atoms with Crippen molar-refractivity contribution < 1.29 is 9.53 Å². The molecule has 0 atom stereocenters. The molecule has 21 heavy (non-hydrogen) atoms. The van der Waals surface area contributed by atoms with Crippen LogP contribution >= 0.6 is 11.6 Å². The number of methoxy groups -OCH3 is 1. The third-order valence-electron chi connectivity index (χ3n) is 4.18. The van der Waals surface area contributed by atoms with E-state index in [0.717, 1.165) is 38.8 Å². The Labute approximate surface area is 131 Å². The standard InChI is InChI=1S/C16H23ClN2O2/c1-3-6-16(7-9-18-10-8-16)15(20)19-13-11-12(17)4-5-14(13)21-2/h4-5,11,18H,3,6-10H2,1-2H3,(H,19,20). The highest BCUT2D eigenvalue weighted by molar-refractivity contribution is 6.31. The number of hydrogen-bond acceptors (Lipinski definition) is 3. The van der Waals surface area contributed by atoms with E-state index in [1.54, 1.807) is 25.3 Å². The number of halogens is 1. The molecule has 5 heteroatoms. The van der Waals surface area contributed by atoms with Crippen LogP contribution in [0.1, 0.15) is 32.6 Å². The van der Waals surface area contributed by atoms with Crippen LogP contribution in [0, 0.1) is 5.41 Å². The van der Waals surface area contributed by atoms with Gasteiger partial charge in [0.25, 0.3) is 0 Å². The van der Waals surface area contributed by atoms with Gasteiger partial charge in [-0.15, -0.1) is 0 Å². The Hall–Kier alpha value is -1.26. The molecule has 0 radical (unpaired) electrons. The SMILES string of the molecule is CCCC1(C(=O)Nc2cc(Cl)ccc2OC)CCNCC1. The minimum atomic E-state index is -0.284. The summed E-state index contributed by atoms with van der Waals surface area (Å²) in [6.45, 7) is 3.90. The van der Waals surface area contributed by atoms with Gasteiger partial charge in [-0.05, 0) is 50.6 Å². The smallest absolute Gasteiger partial charge is 0.230 e. The lowest BCUT2D eigenvalue weighted by molar-refractivity contribution is -0.127. The molecule has 0 unspecified atom stereocenters. The van der Waals surface area contributed by atoms with Crippen LogP contribution in [-0.2, 0) is 4.79 Å². The predicted molar refractivity (Wildman–Crippen MR) is 86.1 cm³/mol. The number of carbonyl (C=O) groups excluding carboxylic acids is 1. The van der Waals surface area contributed by atoms with E-state index in [0.29, 0.717) is 16.5 Å². The molecule has 0 aliphatic carbocycles. The lowest BCUT2D eigenvalue weighted by Gasteiger charge is -2.36. The monoisotopic (exact) mass is 310 g/mol. The van der Waals surface area contributed by atoms with E-state index in [2.05, 4.69) is 17.6 Å². The van der Waals surface area contributed by atoms with Gasteiger partial charge < -0.3 is 15.4 Å². The second kappa shape index (κ2) is 7.14. The fourth-order valence-corrected chi connectivity index (χ4v) is 3.18. The summed E-state index contributed by atoms with van der Waals surface area (Å²) in [6, 6.07) is 5.26. The van der Waals surface area contributed by atoms with Crippen molar-refractivity contribution in [3.05, 3.63) is 23.2 Å². The number of carbonyl (C=O) groups is 1. The van der Waals surface area contributed by atoms with Crippen molar-refractivity contribution in [2.24, 2.45) is 5.41 Å². The van der Waals surface area contributed by atoms with Crippen LogP contribution in [0.5, 0.6) is 5.75 Å². The zero-order valence-electron chi connectivity index (χ0n) is 12.7. The third-order valence-corrected chi connectivity index (χ3v) is 4.42. The summed E-state index contributed by atoms with van der Waals surface area (Å²) >= 11 is 6.02. The summed E-state index contributed by atoms with van der Waals surface area (Å²) in [7, 11) is 1.59. The maximum Gasteiger partial charge on any atom is 0.230 e. The maximum atomic E-state index is 12.8. The molecule has 4 nitrogen and oxygen atoms in total. The number of rotatable bonds is 5. The van der Waals surface area contributed by atoms with E-state index in [-0.39, 0.29) is 11.3 Å². The normalized spacial score (nSPS) is 17.3. The molecule has 1 heterocycles. The van der Waals surface area contributed by atoms with Crippen LogP contribution in [0.25, 0.3) is 0 Å². The molecule has 0 saturated carbocycles. The van der Waals surface area contributed by atoms with Crippen molar-refractivity contribution in [3.8, 4) is 5.75 Å². The van der Waals surface area contributed by atoms with Crippen molar-refractivity contribution in [1.82, 2.24) is 5.32 Å². The molecule has 1 aliphatic heterocycles. The lowest BCUT2D eigenvalue weighted by Crippen LogP contribution is -2.44. The number of benzene rings is 1. The first kappa shape index (κ1) is 16.1. The van der Waals surface area contributed by atoms with E-state index in [9.17, 15) is 4.79 Å². The van der Waals surface area contributed by atoms with Crippen molar-refractivity contribution in [2.75, 3.05) is 25.5 Å². The Morgan fingerprint density at radius 1 is 1.43 bits per heavy atom. The van der Waals surface area contributed by atoms with Gasteiger partial charge in [0.1, 0.15) is 5.75 Å². The van der Waals surface area contributed by atoms with Crippen molar-refractivity contribution in [2.45, 2.75) is 32.6 Å². The van der Waals surface area contributed by atoms with Crippen LogP contribution in [-0.4, -0.2) is 26.1 Å². The second-order valence-electron chi connectivity index (χ2n) is 5.58. The predicted octanol–water partition coefficient (Wildman–Crippen LogP) is 3.46. The first-order valence-electron chi connectivity index (χ1n) is 7.47. The van der Waals surface area contributed by atoms with Gasteiger partial charge in [-0.25, -0.2) is 0 Å². The molecule has 116 valence electrons. The summed E-state index contributed by atoms with van der Waals surface area (Å²) in [5.41, 5.74) is 0.358. The Balaban J connectivity index is 2.20. The highest BCUT2D eigenvalue weighted by Gasteiger charge is 2.38. The molecular formula is C16H23ClN2O2. The van der Waals surface area contributed by atoms with E-state index < -0.39 is 0 Å². The van der Waals surface area contributed by atoms with Gasteiger partial charge in [0, 0.05) is 5.02 Å². The molecule has 1 aromatic rings. The Morgan fingerprint density at radius 2 is 2.14 bits per heavy atom. The molecule has 2 rings (SSSR count). The highest BCUT2D eigenvalue weighted by Crippen LogP contribution is 2.37. The first-order chi connectivity index (χ1) is 10.1. The summed E-state index contributed by atoms with van der Waals surface area (Å²) in [6.07, 6.45) is 3.65. The molecule has 2 N–H and O–H groups in total. The molecule has 0 bridgehead atoms. The average molecular weight is 311 g/mol. The molecule has 0 aromatic heterocycles. The fraction of sp³-hybridized carbons (Fsp3) is 0.562. The fourth-order valence-electron chi connectivity index (χ4n) is 3.01. The van der Waals surface area contributed by atoms with Gasteiger partial charge in [0.15, 0.2) is 0 Å². The number of anilines is 1. The van der Waals surface area contributed by atoms with Gasteiger partial charge in [-0.2, -0.15) is 0 Å². The van der Waals surface area contributed by atoms with E-state index in [1.807, 2.05) is 0 Å². The zero-order valence-corrected chi connectivity index (χ0v) is 13.4. The second-order valence-corrected chi connectivity index (χ2v) is 6.02. The number of amides is 1. The minimum absolute atomic E-state index is 0.0754. The Morgan fingerprint density at radius 3 is 2.76 bits per heavy atom. The van der Waals surface area contributed by atoms with Gasteiger partial charge in [-0.1, -0.05) is 24.9 Å². The number of nitrogens with one attached hydrogen (secondary N) is 2. The number of ether oxygens (including phenoxy) is 1. The molecule has 1 aliphatic rings. The van der Waals surface area contributed by atoms with Crippen molar-refractivity contribution in [3.63, 3.8) is 0 Å². The van der Waals surface area contributed by atoms with Crippen LogP contribution in [0.4, 0.5) is 5.69 Å². The van der Waals surface area contributed by atoms with Crippen LogP contribution in [0.2, 0.25) is 5.02 Å². The lowest BCUT2D eigenvalue weighted by atomic mass is 9.74. The minimum Gasteiger partial charge on any atom is -0.495 e. The van der Waals surface area contributed by atoms with Gasteiger partial charge in [0.05, 0.1) is 18.2 Å². The Kier molecular flexibility index (Phi) is 5.48.